The van der Waals surface area contributed by atoms with Crippen LogP contribution in [0.5, 0.6) is 5.75 Å². The SMILES string of the molecule is C=C/C=C(Cl)\C(Cl)=C(/C)c1c(C)nc(N2CCC3(CC2)Oc2ccccc2[C@H]3N)nc1C(N)=O. The highest BCUT2D eigenvalue weighted by Gasteiger charge is 2.48. The Morgan fingerprint density at radius 2 is 1.94 bits per heavy atom. The highest BCUT2D eigenvalue weighted by Crippen LogP contribution is 2.47. The van der Waals surface area contributed by atoms with Gasteiger partial charge in [-0.2, -0.15) is 0 Å². The van der Waals surface area contributed by atoms with Gasteiger partial charge in [-0.1, -0.05) is 54.1 Å². The quantitative estimate of drug-likeness (QED) is 0.582. The number of para-hydroxylation sites is 1. The fourth-order valence-corrected chi connectivity index (χ4v) is 5.08. The second kappa shape index (κ2) is 9.41. The standard InChI is InChI=1S/C25H27Cl2N5O2/c1-4-7-17(26)20(27)14(2)19-15(3)30-24(31-21(19)23(29)33)32-12-10-25(11-13-32)22(28)16-8-5-6-9-18(16)34-25/h4-9,22H,1,10-13,28H2,2-3H3,(H2,29,33)/b17-7+,20-14-/t22-/m1/s1. The van der Waals surface area contributed by atoms with Gasteiger partial charge in [0, 0.05) is 37.1 Å². The number of carbonyl (C=O) groups excluding carboxylic acids is 1. The number of carbonyl (C=O) groups is 1. The highest BCUT2D eigenvalue weighted by atomic mass is 35.5. The van der Waals surface area contributed by atoms with Crippen LogP contribution < -0.4 is 21.1 Å². The molecular formula is C25H27Cl2N5O2. The second-order valence-electron chi connectivity index (χ2n) is 8.56. The number of rotatable bonds is 5. The van der Waals surface area contributed by atoms with E-state index in [1.807, 2.05) is 29.2 Å². The Kier molecular flexibility index (Phi) is 6.71. The van der Waals surface area contributed by atoms with Gasteiger partial charge in [-0.15, -0.1) is 0 Å². The summed E-state index contributed by atoms with van der Waals surface area (Å²) in [4.78, 5) is 23.6. The largest absolute Gasteiger partial charge is 0.485 e. The van der Waals surface area contributed by atoms with Gasteiger partial charge >= 0.3 is 0 Å². The predicted octanol–water partition coefficient (Wildman–Crippen LogP) is 4.59. The lowest BCUT2D eigenvalue weighted by atomic mass is 9.83. The second-order valence-corrected chi connectivity index (χ2v) is 9.34. The molecule has 4 N–H and O–H groups in total. The van der Waals surface area contributed by atoms with E-state index >= 15 is 0 Å². The molecule has 1 amide bonds. The monoisotopic (exact) mass is 499 g/mol. The van der Waals surface area contributed by atoms with Crippen molar-refractivity contribution in [3.05, 3.63) is 75.6 Å². The number of amides is 1. The van der Waals surface area contributed by atoms with Crippen LogP contribution in [0, 0.1) is 6.92 Å². The Bertz CT molecular complexity index is 1220. The van der Waals surface area contributed by atoms with Gasteiger partial charge < -0.3 is 21.1 Å². The molecule has 34 heavy (non-hydrogen) atoms. The van der Waals surface area contributed by atoms with E-state index in [0.717, 1.165) is 11.3 Å². The minimum absolute atomic E-state index is 0.0997. The van der Waals surface area contributed by atoms with Crippen molar-refractivity contribution in [3.63, 3.8) is 0 Å². The maximum Gasteiger partial charge on any atom is 0.268 e. The number of hydrogen-bond acceptors (Lipinski definition) is 6. The van der Waals surface area contributed by atoms with Gasteiger partial charge in [0.1, 0.15) is 17.0 Å². The van der Waals surface area contributed by atoms with Crippen LogP contribution in [-0.4, -0.2) is 34.6 Å². The van der Waals surface area contributed by atoms with E-state index in [0.29, 0.717) is 53.7 Å². The van der Waals surface area contributed by atoms with E-state index in [-0.39, 0.29) is 16.8 Å². The average molecular weight is 500 g/mol. The summed E-state index contributed by atoms with van der Waals surface area (Å²) in [5.74, 6) is 0.615. The number of aryl methyl sites for hydroxylation is 1. The molecule has 2 aliphatic rings. The number of piperidine rings is 1. The summed E-state index contributed by atoms with van der Waals surface area (Å²) >= 11 is 12.7. The summed E-state index contributed by atoms with van der Waals surface area (Å²) in [7, 11) is 0. The van der Waals surface area contributed by atoms with Crippen molar-refractivity contribution in [1.82, 2.24) is 9.97 Å². The van der Waals surface area contributed by atoms with Crippen molar-refractivity contribution in [1.29, 1.82) is 0 Å². The fraction of sp³-hybridized carbons (Fsp3) is 0.320. The third kappa shape index (κ3) is 4.19. The Balaban J connectivity index is 1.62. The van der Waals surface area contributed by atoms with Gasteiger partial charge in [0.05, 0.1) is 21.8 Å². The first-order valence-corrected chi connectivity index (χ1v) is 11.8. The van der Waals surface area contributed by atoms with Crippen LogP contribution in [-0.2, 0) is 0 Å². The van der Waals surface area contributed by atoms with Crippen molar-refractivity contribution in [2.45, 2.75) is 38.3 Å². The molecule has 1 aromatic heterocycles. The molecule has 3 heterocycles. The molecule has 1 atom stereocenters. The molecule has 0 unspecified atom stereocenters. The Morgan fingerprint density at radius 3 is 2.56 bits per heavy atom. The number of ether oxygens (including phenoxy) is 1. The lowest BCUT2D eigenvalue weighted by molar-refractivity contribution is 0.0429. The number of anilines is 1. The van der Waals surface area contributed by atoms with Gasteiger partial charge in [-0.05, 0) is 31.6 Å². The summed E-state index contributed by atoms with van der Waals surface area (Å²) in [6.07, 6.45) is 4.50. The zero-order chi connectivity index (χ0) is 24.6. The molecule has 1 fully saturated rings. The summed E-state index contributed by atoms with van der Waals surface area (Å²) in [6.45, 7) is 8.42. The zero-order valence-electron chi connectivity index (χ0n) is 19.1. The summed E-state index contributed by atoms with van der Waals surface area (Å²) in [5, 5.41) is 0.568. The van der Waals surface area contributed by atoms with Crippen LogP contribution in [0.2, 0.25) is 0 Å². The molecule has 4 rings (SSSR count). The highest BCUT2D eigenvalue weighted by molar-refractivity contribution is 6.46. The molecule has 2 aromatic rings. The molecule has 2 aliphatic heterocycles. The van der Waals surface area contributed by atoms with Crippen molar-refractivity contribution in [2.75, 3.05) is 18.0 Å². The van der Waals surface area contributed by atoms with E-state index in [1.165, 1.54) is 6.08 Å². The number of aromatic nitrogens is 2. The molecular weight excluding hydrogens is 473 g/mol. The van der Waals surface area contributed by atoms with Crippen LogP contribution in [0.25, 0.3) is 5.57 Å². The van der Waals surface area contributed by atoms with Crippen LogP contribution >= 0.6 is 23.2 Å². The van der Waals surface area contributed by atoms with Gasteiger partial charge in [0.25, 0.3) is 5.91 Å². The van der Waals surface area contributed by atoms with Crippen LogP contribution in [0.4, 0.5) is 5.95 Å². The van der Waals surface area contributed by atoms with E-state index in [2.05, 4.69) is 16.5 Å². The topological polar surface area (TPSA) is 107 Å². The summed E-state index contributed by atoms with van der Waals surface area (Å²) < 4.78 is 6.32. The maximum atomic E-state index is 12.4. The lowest BCUT2D eigenvalue weighted by Crippen LogP contribution is -2.51. The lowest BCUT2D eigenvalue weighted by Gasteiger charge is -2.41. The van der Waals surface area contributed by atoms with Crippen LogP contribution in [0.1, 0.15) is 53.1 Å². The molecule has 0 saturated carbocycles. The Morgan fingerprint density at radius 1 is 1.26 bits per heavy atom. The molecule has 178 valence electrons. The molecule has 0 bridgehead atoms. The average Bonchev–Trinajstić information content (AvgIpc) is 3.09. The number of primary amides is 1. The maximum absolute atomic E-state index is 12.4. The number of benzene rings is 1. The summed E-state index contributed by atoms with van der Waals surface area (Å²) in [6, 6.07) is 7.70. The molecule has 7 nitrogen and oxygen atoms in total. The third-order valence-electron chi connectivity index (χ3n) is 6.52. The molecule has 0 aliphatic carbocycles. The van der Waals surface area contributed by atoms with Crippen molar-refractivity contribution < 1.29 is 9.53 Å². The normalized spacial score (nSPS) is 20.0. The fourth-order valence-electron chi connectivity index (χ4n) is 4.69. The smallest absolute Gasteiger partial charge is 0.268 e. The number of halogens is 2. The Labute approximate surface area is 209 Å². The van der Waals surface area contributed by atoms with Crippen LogP contribution in [0.15, 0.2) is 53.1 Å². The van der Waals surface area contributed by atoms with Gasteiger partial charge in [0.15, 0.2) is 0 Å². The zero-order valence-corrected chi connectivity index (χ0v) is 20.7. The van der Waals surface area contributed by atoms with Crippen LogP contribution in [0.3, 0.4) is 0 Å². The number of nitrogens with two attached hydrogens (primary N) is 2. The van der Waals surface area contributed by atoms with Crippen molar-refractivity contribution in [2.24, 2.45) is 11.5 Å². The van der Waals surface area contributed by atoms with Gasteiger partial charge in [-0.25, -0.2) is 9.97 Å². The van der Waals surface area contributed by atoms with Crippen molar-refractivity contribution in [3.8, 4) is 5.75 Å². The Hall–Kier alpha value is -2.87. The minimum atomic E-state index is -0.667. The van der Waals surface area contributed by atoms with Gasteiger partial charge in [-0.3, -0.25) is 4.79 Å². The first-order chi connectivity index (χ1) is 16.2. The molecule has 1 saturated heterocycles. The molecule has 0 radical (unpaired) electrons. The minimum Gasteiger partial charge on any atom is -0.485 e. The number of hydrogen-bond donors (Lipinski definition) is 2. The first kappa shape index (κ1) is 24.3. The molecule has 1 spiro atoms. The number of allylic oxidation sites excluding steroid dienone is 5. The predicted molar refractivity (Wildman–Crippen MR) is 136 cm³/mol. The summed E-state index contributed by atoms with van der Waals surface area (Å²) in [5.41, 5.74) is 14.6. The number of nitrogens with zero attached hydrogens (tertiary/aromatic N) is 3. The molecule has 9 heteroatoms. The van der Waals surface area contributed by atoms with Crippen molar-refractivity contribution >= 4 is 40.6 Å². The van der Waals surface area contributed by atoms with E-state index in [9.17, 15) is 4.79 Å². The molecule has 1 aromatic carbocycles. The van der Waals surface area contributed by atoms with E-state index < -0.39 is 11.5 Å². The van der Waals surface area contributed by atoms with E-state index in [4.69, 9.17) is 39.4 Å². The van der Waals surface area contributed by atoms with E-state index in [1.54, 1.807) is 19.9 Å². The number of fused-ring (bicyclic) bond motifs is 1. The third-order valence-corrected chi connectivity index (χ3v) is 7.42. The van der Waals surface area contributed by atoms with Gasteiger partial charge in [0.2, 0.25) is 5.95 Å². The first-order valence-electron chi connectivity index (χ1n) is 11.0.